The summed E-state index contributed by atoms with van der Waals surface area (Å²) >= 11 is 0. The highest BCUT2D eigenvalue weighted by atomic mass is 14.6. The molecule has 0 aliphatic carbocycles. The van der Waals surface area contributed by atoms with Gasteiger partial charge in [-0.3, -0.25) is 4.98 Å². The molecular weight excluding hydrogens is 206 g/mol. The average molecular weight is 221 g/mol. The van der Waals surface area contributed by atoms with E-state index in [1.807, 2.05) is 6.20 Å². The second-order valence-electron chi connectivity index (χ2n) is 4.51. The van der Waals surface area contributed by atoms with Crippen molar-refractivity contribution in [1.82, 2.24) is 4.98 Å². The molecule has 3 rings (SSSR count). The molecule has 0 amide bonds. The van der Waals surface area contributed by atoms with Gasteiger partial charge in [-0.1, -0.05) is 36.8 Å². The molecule has 0 atom stereocenters. The molecule has 0 fully saturated rings. The van der Waals surface area contributed by atoms with Gasteiger partial charge in [-0.2, -0.15) is 0 Å². The summed E-state index contributed by atoms with van der Waals surface area (Å²) in [4.78, 5) is 4.56. The van der Waals surface area contributed by atoms with Crippen LogP contribution in [0.25, 0.3) is 21.7 Å². The smallest absolute Gasteiger partial charge is 0.0711 e. The van der Waals surface area contributed by atoms with E-state index in [2.05, 4.69) is 55.2 Å². The molecular formula is C16H15N. The first-order chi connectivity index (χ1) is 8.29. The normalized spacial score (nSPS) is 11.2. The SMILES string of the molecule is CCc1cccc2ncc3cc(C)ccc3c12. The minimum absolute atomic E-state index is 1.05. The lowest BCUT2D eigenvalue weighted by atomic mass is 9.99. The summed E-state index contributed by atoms with van der Waals surface area (Å²) in [7, 11) is 0. The number of pyridine rings is 1. The molecule has 84 valence electrons. The standard InChI is InChI=1S/C16H15N/c1-3-12-5-4-6-15-16(12)14-8-7-11(2)9-13(14)10-17-15/h4-10H,3H2,1-2H3. The minimum Gasteiger partial charge on any atom is -0.256 e. The Hall–Kier alpha value is -1.89. The van der Waals surface area contributed by atoms with E-state index in [-0.39, 0.29) is 0 Å². The molecule has 0 aliphatic rings. The highest BCUT2D eigenvalue weighted by Crippen LogP contribution is 2.27. The third kappa shape index (κ3) is 1.59. The molecule has 1 nitrogen and oxygen atoms in total. The van der Waals surface area contributed by atoms with Crippen LogP contribution < -0.4 is 0 Å². The van der Waals surface area contributed by atoms with Crippen LogP contribution in [0.15, 0.2) is 42.6 Å². The Labute approximate surface area is 101 Å². The second kappa shape index (κ2) is 3.85. The molecule has 1 heterocycles. The lowest BCUT2D eigenvalue weighted by Gasteiger charge is -2.08. The maximum absolute atomic E-state index is 4.56. The summed E-state index contributed by atoms with van der Waals surface area (Å²) in [6.45, 7) is 4.32. The second-order valence-corrected chi connectivity index (χ2v) is 4.51. The summed E-state index contributed by atoms with van der Waals surface area (Å²) in [6.07, 6.45) is 3.02. The number of nitrogens with zero attached hydrogens (tertiary/aromatic N) is 1. The van der Waals surface area contributed by atoms with Crippen molar-refractivity contribution in [3.05, 3.63) is 53.7 Å². The zero-order chi connectivity index (χ0) is 11.8. The van der Waals surface area contributed by atoms with E-state index in [9.17, 15) is 0 Å². The molecule has 0 spiro atoms. The van der Waals surface area contributed by atoms with Crippen LogP contribution in [0.1, 0.15) is 18.1 Å². The number of benzene rings is 2. The van der Waals surface area contributed by atoms with E-state index in [1.54, 1.807) is 0 Å². The van der Waals surface area contributed by atoms with Gasteiger partial charge in [0, 0.05) is 17.0 Å². The molecule has 17 heavy (non-hydrogen) atoms. The van der Waals surface area contributed by atoms with Crippen molar-refractivity contribution in [2.24, 2.45) is 0 Å². The number of rotatable bonds is 1. The number of hydrogen-bond donors (Lipinski definition) is 0. The van der Waals surface area contributed by atoms with Gasteiger partial charge in [-0.05, 0) is 36.4 Å². The van der Waals surface area contributed by atoms with Crippen molar-refractivity contribution in [2.75, 3.05) is 0 Å². The van der Waals surface area contributed by atoms with Crippen LogP contribution in [0.4, 0.5) is 0 Å². The molecule has 0 N–H and O–H groups in total. The Morgan fingerprint density at radius 1 is 1.12 bits per heavy atom. The van der Waals surface area contributed by atoms with Crippen LogP contribution >= 0.6 is 0 Å². The van der Waals surface area contributed by atoms with Crippen LogP contribution in [-0.4, -0.2) is 4.98 Å². The minimum atomic E-state index is 1.05. The third-order valence-corrected chi connectivity index (χ3v) is 3.33. The van der Waals surface area contributed by atoms with E-state index < -0.39 is 0 Å². The number of hydrogen-bond acceptors (Lipinski definition) is 1. The predicted molar refractivity (Wildman–Crippen MR) is 73.4 cm³/mol. The van der Waals surface area contributed by atoms with Gasteiger partial charge >= 0.3 is 0 Å². The van der Waals surface area contributed by atoms with Gasteiger partial charge in [0.05, 0.1) is 5.52 Å². The summed E-state index contributed by atoms with van der Waals surface area (Å²) < 4.78 is 0. The summed E-state index contributed by atoms with van der Waals surface area (Å²) in [5, 5.41) is 3.86. The van der Waals surface area contributed by atoms with Crippen molar-refractivity contribution in [3.8, 4) is 0 Å². The lowest BCUT2D eigenvalue weighted by Crippen LogP contribution is -1.88. The Balaban J connectivity index is 2.53. The van der Waals surface area contributed by atoms with Crippen LogP contribution in [0.5, 0.6) is 0 Å². The topological polar surface area (TPSA) is 12.9 Å². The van der Waals surface area contributed by atoms with E-state index in [0.717, 1.165) is 11.9 Å². The quantitative estimate of drug-likeness (QED) is 0.559. The van der Waals surface area contributed by atoms with Crippen molar-refractivity contribution in [1.29, 1.82) is 0 Å². The molecule has 2 aromatic carbocycles. The molecule has 3 aromatic rings. The number of aromatic nitrogens is 1. The summed E-state index contributed by atoms with van der Waals surface area (Å²) in [5.41, 5.74) is 3.76. The Morgan fingerprint density at radius 2 is 2.00 bits per heavy atom. The van der Waals surface area contributed by atoms with Gasteiger partial charge in [-0.25, -0.2) is 0 Å². The number of aryl methyl sites for hydroxylation is 2. The largest absolute Gasteiger partial charge is 0.256 e. The Bertz CT molecular complexity index is 698. The fraction of sp³-hybridized carbons (Fsp3) is 0.188. The maximum atomic E-state index is 4.56. The first kappa shape index (κ1) is 10.3. The van der Waals surface area contributed by atoms with E-state index in [4.69, 9.17) is 0 Å². The van der Waals surface area contributed by atoms with E-state index >= 15 is 0 Å². The van der Waals surface area contributed by atoms with Crippen LogP contribution in [0.3, 0.4) is 0 Å². The van der Waals surface area contributed by atoms with Crippen LogP contribution in [0, 0.1) is 6.92 Å². The van der Waals surface area contributed by atoms with Gasteiger partial charge in [0.2, 0.25) is 0 Å². The summed E-state index contributed by atoms with van der Waals surface area (Å²) in [6, 6.07) is 13.0. The molecule has 1 heteroatoms. The fourth-order valence-electron chi connectivity index (χ4n) is 2.46. The number of fused-ring (bicyclic) bond motifs is 3. The van der Waals surface area contributed by atoms with E-state index in [1.165, 1.54) is 27.3 Å². The van der Waals surface area contributed by atoms with Gasteiger partial charge < -0.3 is 0 Å². The lowest BCUT2D eigenvalue weighted by molar-refractivity contribution is 1.16. The Morgan fingerprint density at radius 3 is 2.82 bits per heavy atom. The highest BCUT2D eigenvalue weighted by Gasteiger charge is 2.05. The third-order valence-electron chi connectivity index (χ3n) is 3.33. The zero-order valence-electron chi connectivity index (χ0n) is 10.2. The molecule has 0 saturated heterocycles. The zero-order valence-corrected chi connectivity index (χ0v) is 10.2. The van der Waals surface area contributed by atoms with Crippen molar-refractivity contribution in [3.63, 3.8) is 0 Å². The molecule has 0 saturated carbocycles. The van der Waals surface area contributed by atoms with Crippen molar-refractivity contribution < 1.29 is 0 Å². The van der Waals surface area contributed by atoms with Gasteiger partial charge in [0.15, 0.2) is 0 Å². The first-order valence-electron chi connectivity index (χ1n) is 6.06. The highest BCUT2D eigenvalue weighted by molar-refractivity contribution is 6.07. The maximum Gasteiger partial charge on any atom is 0.0711 e. The van der Waals surface area contributed by atoms with Gasteiger partial charge in [0.1, 0.15) is 0 Å². The van der Waals surface area contributed by atoms with Gasteiger partial charge in [0.25, 0.3) is 0 Å². The first-order valence-corrected chi connectivity index (χ1v) is 6.06. The summed E-state index contributed by atoms with van der Waals surface area (Å²) in [5.74, 6) is 0. The van der Waals surface area contributed by atoms with E-state index in [0.29, 0.717) is 0 Å². The predicted octanol–water partition coefficient (Wildman–Crippen LogP) is 4.26. The monoisotopic (exact) mass is 221 g/mol. The van der Waals surface area contributed by atoms with Crippen molar-refractivity contribution >= 4 is 21.7 Å². The van der Waals surface area contributed by atoms with Crippen LogP contribution in [0.2, 0.25) is 0 Å². The molecule has 0 unspecified atom stereocenters. The fourth-order valence-corrected chi connectivity index (χ4v) is 2.46. The molecule has 0 radical (unpaired) electrons. The Kier molecular flexibility index (Phi) is 2.32. The van der Waals surface area contributed by atoms with Gasteiger partial charge in [-0.15, -0.1) is 0 Å². The molecule has 1 aromatic heterocycles. The molecule has 0 bridgehead atoms. The molecule has 0 aliphatic heterocycles. The van der Waals surface area contributed by atoms with Crippen LogP contribution in [-0.2, 0) is 6.42 Å². The van der Waals surface area contributed by atoms with Crippen molar-refractivity contribution in [2.45, 2.75) is 20.3 Å². The average Bonchev–Trinajstić information content (AvgIpc) is 2.37.